The molecule has 0 aliphatic carbocycles. The molecule has 0 fully saturated rings. The van der Waals surface area contributed by atoms with Gasteiger partial charge in [-0.1, -0.05) is 25.6 Å². The fourth-order valence-electron chi connectivity index (χ4n) is 2.13. The van der Waals surface area contributed by atoms with Gasteiger partial charge in [-0.15, -0.1) is 5.10 Å². The summed E-state index contributed by atoms with van der Waals surface area (Å²) in [6, 6.07) is 5.20. The van der Waals surface area contributed by atoms with E-state index in [0.29, 0.717) is 21.9 Å². The summed E-state index contributed by atoms with van der Waals surface area (Å²) in [5.74, 6) is 0.895. The first-order valence-corrected chi connectivity index (χ1v) is 8.42. The van der Waals surface area contributed by atoms with Crippen LogP contribution in [0.4, 0.5) is 5.69 Å². The molecule has 0 unspecified atom stereocenters. The first-order chi connectivity index (χ1) is 11.4. The quantitative estimate of drug-likeness (QED) is 0.528. The number of hydrogen-bond acceptors (Lipinski definition) is 5. The lowest BCUT2D eigenvalue weighted by Gasteiger charge is -2.10. The van der Waals surface area contributed by atoms with Gasteiger partial charge >= 0.3 is 5.69 Å². The van der Waals surface area contributed by atoms with Crippen molar-refractivity contribution in [2.24, 2.45) is 0 Å². The van der Waals surface area contributed by atoms with Crippen LogP contribution in [0.1, 0.15) is 32.5 Å². The second-order valence-corrected chi connectivity index (χ2v) is 7.05. The van der Waals surface area contributed by atoms with Crippen molar-refractivity contribution in [2.75, 3.05) is 5.32 Å². The maximum atomic E-state index is 12.3. The standard InChI is InChI=1S/C15H18N6O2S/c1-7(2)12-19-15(21-20-12)24-8(3)13(22)16-9-4-5-10-11(6-9)18-14(23)17-10/h4-8H,1-3H3,(H,16,22)(H2,17,18,23)(H,19,20,21)/t8-/m1/s1. The summed E-state index contributed by atoms with van der Waals surface area (Å²) >= 11 is 1.29. The third kappa shape index (κ3) is 3.51. The summed E-state index contributed by atoms with van der Waals surface area (Å²) < 4.78 is 0. The van der Waals surface area contributed by atoms with Crippen LogP contribution in [0, 0.1) is 0 Å². The van der Waals surface area contributed by atoms with E-state index in [1.807, 2.05) is 13.8 Å². The number of aromatic nitrogens is 5. The van der Waals surface area contributed by atoms with Gasteiger partial charge in [-0.05, 0) is 25.1 Å². The molecular formula is C15H18N6O2S. The van der Waals surface area contributed by atoms with Gasteiger partial charge in [0.15, 0.2) is 0 Å². The van der Waals surface area contributed by atoms with Crippen molar-refractivity contribution in [3.05, 3.63) is 34.5 Å². The van der Waals surface area contributed by atoms with Crippen molar-refractivity contribution < 1.29 is 4.79 Å². The zero-order valence-corrected chi connectivity index (χ0v) is 14.3. The predicted molar refractivity (Wildman–Crippen MR) is 93.3 cm³/mol. The Morgan fingerprint density at radius 2 is 1.96 bits per heavy atom. The molecule has 0 radical (unpaired) electrons. The summed E-state index contributed by atoms with van der Waals surface area (Å²) in [5, 5.41) is 10.0. The molecule has 0 aliphatic rings. The molecule has 126 valence electrons. The van der Waals surface area contributed by atoms with E-state index in [0.717, 1.165) is 5.82 Å². The summed E-state index contributed by atoms with van der Waals surface area (Å²) in [4.78, 5) is 33.3. The van der Waals surface area contributed by atoms with E-state index in [4.69, 9.17) is 0 Å². The third-order valence-corrected chi connectivity index (χ3v) is 4.43. The van der Waals surface area contributed by atoms with Gasteiger partial charge in [0.2, 0.25) is 11.1 Å². The van der Waals surface area contributed by atoms with E-state index >= 15 is 0 Å². The van der Waals surface area contributed by atoms with Gasteiger partial charge in [-0.2, -0.15) is 0 Å². The van der Waals surface area contributed by atoms with E-state index in [1.54, 1.807) is 25.1 Å². The number of H-pyrrole nitrogens is 3. The first kappa shape index (κ1) is 16.3. The van der Waals surface area contributed by atoms with Crippen LogP contribution in [-0.4, -0.2) is 36.3 Å². The number of imidazole rings is 1. The lowest BCUT2D eigenvalue weighted by molar-refractivity contribution is -0.115. The van der Waals surface area contributed by atoms with Crippen molar-refractivity contribution in [1.29, 1.82) is 0 Å². The molecule has 1 aromatic carbocycles. The highest BCUT2D eigenvalue weighted by atomic mass is 32.2. The molecule has 0 bridgehead atoms. The minimum atomic E-state index is -0.359. The molecule has 3 rings (SSSR count). The SMILES string of the molecule is CC(C)c1nc(S[C@H](C)C(=O)Nc2ccc3[nH]c(=O)[nH]c3c2)n[nH]1. The Labute approximate surface area is 141 Å². The summed E-state index contributed by atoms with van der Waals surface area (Å²) in [7, 11) is 0. The van der Waals surface area contributed by atoms with Gasteiger partial charge in [0.25, 0.3) is 0 Å². The number of fused-ring (bicyclic) bond motifs is 1. The average Bonchev–Trinajstić information content (AvgIpc) is 3.12. The second-order valence-electron chi connectivity index (χ2n) is 5.75. The van der Waals surface area contributed by atoms with Crippen LogP contribution in [0.2, 0.25) is 0 Å². The monoisotopic (exact) mass is 346 g/mol. The van der Waals surface area contributed by atoms with Gasteiger partial charge in [-0.3, -0.25) is 9.89 Å². The number of aromatic amines is 3. The molecule has 0 aliphatic heterocycles. The summed E-state index contributed by atoms with van der Waals surface area (Å²) in [6.45, 7) is 5.83. The highest BCUT2D eigenvalue weighted by Crippen LogP contribution is 2.22. The number of anilines is 1. The number of rotatable bonds is 5. The zero-order valence-electron chi connectivity index (χ0n) is 13.5. The molecule has 2 heterocycles. The molecule has 0 saturated carbocycles. The van der Waals surface area contributed by atoms with Crippen molar-refractivity contribution in [1.82, 2.24) is 25.1 Å². The normalized spacial score (nSPS) is 12.7. The molecular weight excluding hydrogens is 328 g/mol. The number of benzene rings is 1. The Hall–Kier alpha value is -2.55. The van der Waals surface area contributed by atoms with Crippen LogP contribution in [0.3, 0.4) is 0 Å². The van der Waals surface area contributed by atoms with Crippen LogP contribution < -0.4 is 11.0 Å². The number of carbonyl (C=O) groups is 1. The molecule has 1 amide bonds. The number of thioether (sulfide) groups is 1. The molecule has 9 heteroatoms. The van der Waals surface area contributed by atoms with E-state index in [-0.39, 0.29) is 22.8 Å². The zero-order chi connectivity index (χ0) is 17.3. The van der Waals surface area contributed by atoms with E-state index in [1.165, 1.54) is 11.8 Å². The number of nitrogens with zero attached hydrogens (tertiary/aromatic N) is 2. The van der Waals surface area contributed by atoms with Gasteiger partial charge < -0.3 is 15.3 Å². The van der Waals surface area contributed by atoms with E-state index < -0.39 is 0 Å². The minimum absolute atomic E-state index is 0.159. The van der Waals surface area contributed by atoms with Crippen molar-refractivity contribution >= 4 is 34.4 Å². The van der Waals surface area contributed by atoms with Crippen LogP contribution >= 0.6 is 11.8 Å². The van der Waals surface area contributed by atoms with Crippen LogP contribution in [0.25, 0.3) is 11.0 Å². The highest BCUT2D eigenvalue weighted by Gasteiger charge is 2.18. The lowest BCUT2D eigenvalue weighted by atomic mass is 10.2. The summed E-state index contributed by atoms with van der Waals surface area (Å²) in [5.41, 5.74) is 1.69. The Kier molecular flexibility index (Phi) is 4.43. The van der Waals surface area contributed by atoms with Gasteiger partial charge in [-0.25, -0.2) is 9.78 Å². The Balaban J connectivity index is 1.66. The van der Waals surface area contributed by atoms with Crippen LogP contribution in [0.15, 0.2) is 28.2 Å². The molecule has 0 spiro atoms. The first-order valence-electron chi connectivity index (χ1n) is 7.54. The fraction of sp³-hybridized carbons (Fsp3) is 0.333. The molecule has 8 nitrogen and oxygen atoms in total. The maximum absolute atomic E-state index is 12.3. The molecule has 3 aromatic rings. The van der Waals surface area contributed by atoms with Gasteiger partial charge in [0.1, 0.15) is 5.82 Å². The Morgan fingerprint density at radius 3 is 2.67 bits per heavy atom. The van der Waals surface area contributed by atoms with E-state index in [9.17, 15) is 9.59 Å². The maximum Gasteiger partial charge on any atom is 0.323 e. The molecule has 0 saturated heterocycles. The molecule has 24 heavy (non-hydrogen) atoms. The molecule has 4 N–H and O–H groups in total. The van der Waals surface area contributed by atoms with E-state index in [2.05, 4.69) is 30.5 Å². The number of nitrogens with one attached hydrogen (secondary N) is 4. The lowest BCUT2D eigenvalue weighted by Crippen LogP contribution is -2.22. The number of hydrogen-bond donors (Lipinski definition) is 4. The largest absolute Gasteiger partial charge is 0.325 e. The van der Waals surface area contributed by atoms with Crippen molar-refractivity contribution in [3.63, 3.8) is 0 Å². The van der Waals surface area contributed by atoms with Crippen LogP contribution in [0.5, 0.6) is 0 Å². The predicted octanol–water partition coefficient (Wildman–Crippen LogP) is 2.22. The third-order valence-electron chi connectivity index (χ3n) is 3.46. The minimum Gasteiger partial charge on any atom is -0.325 e. The Bertz CT molecular complexity index is 925. The van der Waals surface area contributed by atoms with Gasteiger partial charge in [0.05, 0.1) is 16.3 Å². The highest BCUT2D eigenvalue weighted by molar-refractivity contribution is 8.00. The topological polar surface area (TPSA) is 119 Å². The fourth-order valence-corrected chi connectivity index (χ4v) is 2.87. The molecule has 1 atom stereocenters. The van der Waals surface area contributed by atoms with Crippen molar-refractivity contribution in [2.45, 2.75) is 37.1 Å². The smallest absolute Gasteiger partial charge is 0.323 e. The second kappa shape index (κ2) is 6.52. The van der Waals surface area contributed by atoms with Crippen molar-refractivity contribution in [3.8, 4) is 0 Å². The van der Waals surface area contributed by atoms with Crippen LogP contribution in [-0.2, 0) is 4.79 Å². The van der Waals surface area contributed by atoms with Gasteiger partial charge in [0, 0.05) is 11.6 Å². The molecule has 2 aromatic heterocycles. The number of amides is 1. The Morgan fingerprint density at radius 1 is 1.21 bits per heavy atom. The summed E-state index contributed by atoms with van der Waals surface area (Å²) in [6.07, 6.45) is 0. The average molecular weight is 346 g/mol. The number of carbonyl (C=O) groups excluding carboxylic acids is 1.